The summed E-state index contributed by atoms with van der Waals surface area (Å²) in [5.41, 5.74) is 0. The Morgan fingerprint density at radius 2 is 2.07 bits per heavy atom. The highest BCUT2D eigenvalue weighted by atomic mass is 31.2. The summed E-state index contributed by atoms with van der Waals surface area (Å²) in [5.74, 6) is 1.28. The van der Waals surface area contributed by atoms with Crippen LogP contribution < -0.4 is 4.52 Å². The number of rotatable bonds is 2. The third-order valence-electron chi connectivity index (χ3n) is 2.80. The van der Waals surface area contributed by atoms with Crippen LogP contribution in [-0.2, 0) is 4.57 Å². The van der Waals surface area contributed by atoms with Crippen molar-refractivity contribution in [2.45, 2.75) is 19.8 Å². The van der Waals surface area contributed by atoms with Crippen molar-refractivity contribution in [1.29, 1.82) is 0 Å². The van der Waals surface area contributed by atoms with Crippen LogP contribution in [0.5, 0.6) is 5.75 Å². The number of para-hydroxylation sites is 1. The summed E-state index contributed by atoms with van der Waals surface area (Å²) in [5, 5.41) is 0. The fourth-order valence-electron chi connectivity index (χ4n) is 2.09. The zero-order valence-corrected chi connectivity index (χ0v) is 9.95. The lowest BCUT2D eigenvalue weighted by Crippen LogP contribution is -2.15. The molecule has 1 aromatic carbocycles. The molecule has 2 atom stereocenters. The monoisotopic (exact) mass is 224 g/mol. The molecule has 1 fully saturated rings. The predicted octanol–water partition coefficient (Wildman–Crippen LogP) is 3.77. The van der Waals surface area contributed by atoms with Gasteiger partial charge in [-0.25, -0.2) is 0 Å². The second-order valence-electron chi connectivity index (χ2n) is 4.37. The van der Waals surface area contributed by atoms with Crippen LogP contribution in [-0.4, -0.2) is 12.3 Å². The molecule has 0 radical (unpaired) electrons. The van der Waals surface area contributed by atoms with Gasteiger partial charge in [-0.05, 0) is 30.9 Å². The maximum atomic E-state index is 12.4. The normalized spacial score (nSPS) is 31.1. The minimum Gasteiger partial charge on any atom is -0.443 e. The molecule has 15 heavy (non-hydrogen) atoms. The maximum Gasteiger partial charge on any atom is 0.248 e. The molecule has 1 aromatic rings. The Hall–Kier alpha value is -0.750. The van der Waals surface area contributed by atoms with Crippen molar-refractivity contribution in [3.05, 3.63) is 30.3 Å². The topological polar surface area (TPSA) is 26.3 Å². The SMILES string of the molecule is C[C@@H]1CCC[P@](=O)(Oc2ccccc2)C1. The lowest BCUT2D eigenvalue weighted by Gasteiger charge is -2.27. The van der Waals surface area contributed by atoms with Crippen LogP contribution in [0.15, 0.2) is 30.3 Å². The van der Waals surface area contributed by atoms with Crippen molar-refractivity contribution in [1.82, 2.24) is 0 Å². The van der Waals surface area contributed by atoms with Crippen molar-refractivity contribution >= 4 is 7.37 Å². The molecular weight excluding hydrogens is 207 g/mol. The van der Waals surface area contributed by atoms with Gasteiger partial charge in [-0.15, -0.1) is 0 Å². The van der Waals surface area contributed by atoms with Gasteiger partial charge in [0.1, 0.15) is 5.75 Å². The molecule has 3 heteroatoms. The summed E-state index contributed by atoms with van der Waals surface area (Å²) in [6.45, 7) is 2.15. The van der Waals surface area contributed by atoms with Crippen molar-refractivity contribution in [2.75, 3.05) is 12.3 Å². The van der Waals surface area contributed by atoms with Gasteiger partial charge in [-0.2, -0.15) is 0 Å². The molecule has 1 aliphatic heterocycles. The Morgan fingerprint density at radius 3 is 2.73 bits per heavy atom. The lowest BCUT2D eigenvalue weighted by molar-refractivity contribution is 0.439. The molecular formula is C12H17O2P. The average Bonchev–Trinajstić information content (AvgIpc) is 2.18. The van der Waals surface area contributed by atoms with Crippen LogP contribution in [0.2, 0.25) is 0 Å². The highest BCUT2D eigenvalue weighted by molar-refractivity contribution is 7.59. The first-order valence-electron chi connectivity index (χ1n) is 5.51. The van der Waals surface area contributed by atoms with E-state index in [1.165, 1.54) is 6.42 Å². The highest BCUT2D eigenvalue weighted by Gasteiger charge is 2.30. The summed E-state index contributed by atoms with van der Waals surface area (Å²) < 4.78 is 18.1. The summed E-state index contributed by atoms with van der Waals surface area (Å²) in [7, 11) is -2.39. The van der Waals surface area contributed by atoms with Gasteiger partial charge in [0.05, 0.1) is 0 Å². The zero-order chi connectivity index (χ0) is 10.7. The van der Waals surface area contributed by atoms with Gasteiger partial charge >= 0.3 is 0 Å². The molecule has 82 valence electrons. The fourth-order valence-corrected chi connectivity index (χ4v) is 4.75. The van der Waals surface area contributed by atoms with Crippen molar-refractivity contribution in [3.63, 3.8) is 0 Å². The van der Waals surface area contributed by atoms with Crippen LogP contribution in [0.4, 0.5) is 0 Å². The van der Waals surface area contributed by atoms with Crippen LogP contribution in [0.1, 0.15) is 19.8 Å². The van der Waals surface area contributed by atoms with Crippen LogP contribution in [0.3, 0.4) is 0 Å². The summed E-state index contributed by atoms with van der Waals surface area (Å²) in [4.78, 5) is 0. The van der Waals surface area contributed by atoms with Gasteiger partial charge in [-0.3, -0.25) is 4.57 Å². The molecule has 0 unspecified atom stereocenters. The van der Waals surface area contributed by atoms with E-state index in [-0.39, 0.29) is 0 Å². The quantitative estimate of drug-likeness (QED) is 0.715. The van der Waals surface area contributed by atoms with Crippen molar-refractivity contribution in [2.24, 2.45) is 5.92 Å². The summed E-state index contributed by atoms with van der Waals surface area (Å²) in [6.07, 6.45) is 3.70. The largest absolute Gasteiger partial charge is 0.443 e. The van der Waals surface area contributed by atoms with Gasteiger partial charge < -0.3 is 4.52 Å². The third-order valence-corrected chi connectivity index (χ3v) is 5.52. The zero-order valence-electron chi connectivity index (χ0n) is 9.06. The Labute approximate surface area is 91.1 Å². The van der Waals surface area contributed by atoms with Crippen LogP contribution in [0, 0.1) is 5.92 Å². The van der Waals surface area contributed by atoms with E-state index in [0.29, 0.717) is 5.92 Å². The predicted molar refractivity (Wildman–Crippen MR) is 62.8 cm³/mol. The van der Waals surface area contributed by atoms with Crippen LogP contribution in [0.25, 0.3) is 0 Å². The second kappa shape index (κ2) is 4.40. The summed E-state index contributed by atoms with van der Waals surface area (Å²) in [6, 6.07) is 9.51. The first kappa shape index (κ1) is 10.8. The Bertz CT molecular complexity index is 361. The molecule has 0 amide bonds. The minimum absolute atomic E-state index is 0.535. The van der Waals surface area contributed by atoms with Crippen molar-refractivity contribution in [3.8, 4) is 5.75 Å². The molecule has 2 rings (SSSR count). The fraction of sp³-hybridized carbons (Fsp3) is 0.500. The molecule has 0 aromatic heterocycles. The van der Waals surface area contributed by atoms with E-state index in [0.717, 1.165) is 24.5 Å². The van der Waals surface area contributed by atoms with E-state index < -0.39 is 7.37 Å². The molecule has 1 heterocycles. The van der Waals surface area contributed by atoms with Gasteiger partial charge in [0.2, 0.25) is 7.37 Å². The molecule has 0 aliphatic carbocycles. The number of benzene rings is 1. The molecule has 1 aliphatic rings. The standard InChI is InChI=1S/C12H17O2P/c1-11-6-5-9-15(13,10-11)14-12-7-3-2-4-8-12/h2-4,7-8,11H,5-6,9-10H2,1H3/t11-,15+/m1/s1. The van der Waals surface area contributed by atoms with E-state index in [1.54, 1.807) is 0 Å². The van der Waals surface area contributed by atoms with E-state index in [9.17, 15) is 4.57 Å². The molecule has 0 bridgehead atoms. The van der Waals surface area contributed by atoms with Crippen LogP contribution >= 0.6 is 7.37 Å². The highest BCUT2D eigenvalue weighted by Crippen LogP contribution is 2.52. The van der Waals surface area contributed by atoms with E-state index >= 15 is 0 Å². The van der Waals surface area contributed by atoms with Crippen molar-refractivity contribution < 1.29 is 9.09 Å². The van der Waals surface area contributed by atoms with Gasteiger partial charge in [0, 0.05) is 12.3 Å². The van der Waals surface area contributed by atoms with E-state index in [4.69, 9.17) is 4.52 Å². The molecule has 0 spiro atoms. The second-order valence-corrected chi connectivity index (χ2v) is 7.00. The summed E-state index contributed by atoms with van der Waals surface area (Å²) >= 11 is 0. The molecule has 2 nitrogen and oxygen atoms in total. The molecule has 0 saturated carbocycles. The maximum absolute atomic E-state index is 12.4. The molecule has 1 saturated heterocycles. The lowest BCUT2D eigenvalue weighted by atomic mass is 10.1. The molecule has 0 N–H and O–H groups in total. The van der Waals surface area contributed by atoms with E-state index in [2.05, 4.69) is 6.92 Å². The Balaban J connectivity index is 2.07. The number of hydrogen-bond acceptors (Lipinski definition) is 2. The van der Waals surface area contributed by atoms with Gasteiger partial charge in [0.25, 0.3) is 0 Å². The minimum atomic E-state index is -2.39. The Morgan fingerprint density at radius 1 is 1.33 bits per heavy atom. The number of hydrogen-bond donors (Lipinski definition) is 0. The Kier molecular flexibility index (Phi) is 3.16. The smallest absolute Gasteiger partial charge is 0.248 e. The van der Waals surface area contributed by atoms with Gasteiger partial charge in [-0.1, -0.05) is 25.1 Å². The van der Waals surface area contributed by atoms with E-state index in [1.807, 2.05) is 30.3 Å². The first-order valence-corrected chi connectivity index (χ1v) is 7.50. The average molecular weight is 224 g/mol. The first-order chi connectivity index (χ1) is 7.18. The van der Waals surface area contributed by atoms with Gasteiger partial charge in [0.15, 0.2) is 0 Å². The third kappa shape index (κ3) is 2.85.